The summed E-state index contributed by atoms with van der Waals surface area (Å²) in [5, 5.41) is 11.0. The lowest BCUT2D eigenvalue weighted by Crippen LogP contribution is -2.14. The summed E-state index contributed by atoms with van der Waals surface area (Å²) in [7, 11) is 0. The molecule has 0 saturated heterocycles. The molecule has 0 bridgehead atoms. The van der Waals surface area contributed by atoms with Crippen LogP contribution in [0.4, 0.5) is 10.1 Å². The summed E-state index contributed by atoms with van der Waals surface area (Å²) in [6.07, 6.45) is 1.41. The van der Waals surface area contributed by atoms with Crippen LogP contribution in [0.1, 0.15) is 0 Å². The molecule has 1 N–H and O–H groups in total. The molecule has 2 heterocycles. The first-order valence-corrected chi connectivity index (χ1v) is 8.66. The van der Waals surface area contributed by atoms with E-state index in [0.717, 1.165) is 11.8 Å². The van der Waals surface area contributed by atoms with Crippen molar-refractivity contribution in [2.75, 3.05) is 17.9 Å². The number of hydrogen-bond acceptors (Lipinski definition) is 6. The highest BCUT2D eigenvalue weighted by Gasteiger charge is 2.15. The van der Waals surface area contributed by atoms with Gasteiger partial charge in [-0.3, -0.25) is 9.36 Å². The molecule has 0 fully saturated rings. The molecule has 2 aromatic carbocycles. The monoisotopic (exact) mass is 372 g/mol. The number of ether oxygens (including phenoxy) is 2. The van der Waals surface area contributed by atoms with Gasteiger partial charge in [0.1, 0.15) is 12.1 Å². The van der Waals surface area contributed by atoms with Crippen LogP contribution in [0, 0.1) is 5.82 Å². The first-order chi connectivity index (χ1) is 12.7. The number of rotatable bonds is 5. The lowest BCUT2D eigenvalue weighted by molar-refractivity contribution is -0.113. The molecule has 3 aromatic rings. The number of benzene rings is 2. The lowest BCUT2D eigenvalue weighted by atomic mass is 10.3. The summed E-state index contributed by atoms with van der Waals surface area (Å²) >= 11 is 1.16. The van der Waals surface area contributed by atoms with Crippen molar-refractivity contribution in [3.8, 4) is 17.2 Å². The van der Waals surface area contributed by atoms with Crippen molar-refractivity contribution in [2.45, 2.75) is 5.16 Å². The van der Waals surface area contributed by atoms with Crippen molar-refractivity contribution in [1.82, 2.24) is 14.8 Å². The topological polar surface area (TPSA) is 78.3 Å². The van der Waals surface area contributed by atoms with E-state index in [4.69, 9.17) is 9.47 Å². The molecule has 1 aliphatic rings. The van der Waals surface area contributed by atoms with E-state index in [1.165, 1.54) is 17.0 Å². The molecule has 0 atom stereocenters. The minimum atomic E-state index is -0.390. The summed E-state index contributed by atoms with van der Waals surface area (Å²) in [4.78, 5) is 12.2. The number of nitrogens with one attached hydrogen (secondary N) is 1. The van der Waals surface area contributed by atoms with Crippen molar-refractivity contribution in [3.63, 3.8) is 0 Å². The molecule has 26 heavy (non-hydrogen) atoms. The van der Waals surface area contributed by atoms with Crippen molar-refractivity contribution in [3.05, 3.63) is 54.6 Å². The van der Waals surface area contributed by atoms with Gasteiger partial charge in [-0.2, -0.15) is 0 Å². The summed E-state index contributed by atoms with van der Waals surface area (Å²) < 4.78 is 26.0. The fraction of sp³-hybridized carbons (Fsp3) is 0.118. The highest BCUT2D eigenvalue weighted by Crippen LogP contribution is 2.34. The van der Waals surface area contributed by atoms with E-state index in [-0.39, 0.29) is 24.3 Å². The van der Waals surface area contributed by atoms with Gasteiger partial charge in [-0.15, -0.1) is 10.2 Å². The Morgan fingerprint density at radius 2 is 2.08 bits per heavy atom. The zero-order valence-corrected chi connectivity index (χ0v) is 14.2. The third kappa shape index (κ3) is 3.33. The number of amides is 1. The average molecular weight is 372 g/mol. The molecular formula is C17H13FN4O3S. The van der Waals surface area contributed by atoms with E-state index < -0.39 is 0 Å². The number of carbonyl (C=O) groups is 1. The van der Waals surface area contributed by atoms with Gasteiger partial charge < -0.3 is 14.8 Å². The van der Waals surface area contributed by atoms with Crippen LogP contribution in [0.5, 0.6) is 11.5 Å². The molecule has 0 unspecified atom stereocenters. The molecule has 1 aliphatic heterocycles. The smallest absolute Gasteiger partial charge is 0.234 e. The molecule has 1 amide bonds. The minimum Gasteiger partial charge on any atom is -0.454 e. The zero-order valence-electron chi connectivity index (χ0n) is 13.4. The average Bonchev–Trinajstić information content (AvgIpc) is 3.29. The van der Waals surface area contributed by atoms with Gasteiger partial charge in [0.25, 0.3) is 0 Å². The quantitative estimate of drug-likeness (QED) is 0.694. The van der Waals surface area contributed by atoms with E-state index >= 15 is 0 Å². The maximum atomic E-state index is 13.9. The number of carbonyl (C=O) groups excluding carboxylic acids is 1. The molecule has 0 spiro atoms. The Morgan fingerprint density at radius 1 is 1.23 bits per heavy atom. The first kappa shape index (κ1) is 16.4. The number of thioether (sulfide) groups is 1. The summed E-state index contributed by atoms with van der Waals surface area (Å²) in [6, 6.07) is 11.5. The van der Waals surface area contributed by atoms with Crippen LogP contribution < -0.4 is 14.8 Å². The molecule has 1 aromatic heterocycles. The number of fused-ring (bicyclic) bond motifs is 1. The van der Waals surface area contributed by atoms with E-state index in [9.17, 15) is 9.18 Å². The van der Waals surface area contributed by atoms with Crippen LogP contribution in [0.3, 0.4) is 0 Å². The molecule has 4 rings (SSSR count). The van der Waals surface area contributed by atoms with Gasteiger partial charge in [-0.1, -0.05) is 23.9 Å². The largest absolute Gasteiger partial charge is 0.454 e. The van der Waals surface area contributed by atoms with Gasteiger partial charge in [0.2, 0.25) is 12.7 Å². The predicted molar refractivity (Wildman–Crippen MR) is 93.2 cm³/mol. The second-order valence-electron chi connectivity index (χ2n) is 5.34. The number of hydrogen-bond donors (Lipinski definition) is 1. The van der Waals surface area contributed by atoms with Gasteiger partial charge in [-0.25, -0.2) is 4.39 Å². The Kier molecular flexibility index (Phi) is 4.44. The third-order valence-corrected chi connectivity index (χ3v) is 4.56. The van der Waals surface area contributed by atoms with Gasteiger partial charge >= 0.3 is 0 Å². The van der Waals surface area contributed by atoms with Crippen LogP contribution in [-0.4, -0.2) is 33.2 Å². The van der Waals surface area contributed by atoms with Crippen LogP contribution in [-0.2, 0) is 4.79 Å². The van der Waals surface area contributed by atoms with Crippen LogP contribution in [0.25, 0.3) is 5.69 Å². The Hall–Kier alpha value is -3.07. The standard InChI is InChI=1S/C17H13FN4O3S/c18-12-3-1-2-4-13(12)22-9-19-21-17(22)26-8-16(23)20-11-5-6-14-15(7-11)25-10-24-14/h1-7,9H,8,10H2,(H,20,23). The van der Waals surface area contributed by atoms with Gasteiger partial charge in [0, 0.05) is 11.8 Å². The normalized spacial score (nSPS) is 12.2. The number of nitrogens with zero attached hydrogens (tertiary/aromatic N) is 3. The SMILES string of the molecule is O=C(CSc1nncn1-c1ccccc1F)Nc1ccc2c(c1)OCO2. The third-order valence-electron chi connectivity index (χ3n) is 3.62. The van der Waals surface area contributed by atoms with Crippen LogP contribution >= 0.6 is 11.8 Å². The first-order valence-electron chi connectivity index (χ1n) is 7.68. The van der Waals surface area contributed by atoms with Gasteiger partial charge in [0.15, 0.2) is 16.7 Å². The van der Waals surface area contributed by atoms with Gasteiger partial charge in [-0.05, 0) is 24.3 Å². The van der Waals surface area contributed by atoms with Crippen molar-refractivity contribution >= 4 is 23.4 Å². The second kappa shape index (κ2) is 7.04. The zero-order chi connectivity index (χ0) is 17.9. The molecule has 0 aliphatic carbocycles. The molecule has 132 valence electrons. The van der Waals surface area contributed by atoms with E-state index in [1.807, 2.05) is 0 Å². The Bertz CT molecular complexity index is 963. The van der Waals surface area contributed by atoms with Crippen molar-refractivity contribution < 1.29 is 18.7 Å². The summed E-state index contributed by atoms with van der Waals surface area (Å²) in [5.41, 5.74) is 0.937. The number of aromatic nitrogens is 3. The summed E-state index contributed by atoms with van der Waals surface area (Å²) in [6.45, 7) is 0.175. The molecule has 0 saturated carbocycles. The van der Waals surface area contributed by atoms with Crippen molar-refractivity contribution in [1.29, 1.82) is 0 Å². The molecule has 0 radical (unpaired) electrons. The number of anilines is 1. The van der Waals surface area contributed by atoms with Crippen molar-refractivity contribution in [2.24, 2.45) is 0 Å². The number of para-hydroxylation sites is 1. The highest BCUT2D eigenvalue weighted by molar-refractivity contribution is 7.99. The van der Waals surface area contributed by atoms with E-state index in [2.05, 4.69) is 15.5 Å². The number of halogens is 1. The molecule has 9 heteroatoms. The lowest BCUT2D eigenvalue weighted by Gasteiger charge is -2.08. The fourth-order valence-corrected chi connectivity index (χ4v) is 3.16. The molecule has 7 nitrogen and oxygen atoms in total. The fourth-order valence-electron chi connectivity index (χ4n) is 2.44. The highest BCUT2D eigenvalue weighted by atomic mass is 32.2. The van der Waals surface area contributed by atoms with E-state index in [1.54, 1.807) is 36.4 Å². The van der Waals surface area contributed by atoms with Gasteiger partial charge in [0.05, 0.1) is 11.4 Å². The maximum absolute atomic E-state index is 13.9. The van der Waals surface area contributed by atoms with Crippen LogP contribution in [0.2, 0.25) is 0 Å². The second-order valence-corrected chi connectivity index (χ2v) is 6.28. The Morgan fingerprint density at radius 3 is 2.96 bits per heavy atom. The molecular weight excluding hydrogens is 359 g/mol. The minimum absolute atomic E-state index is 0.0988. The Balaban J connectivity index is 1.41. The van der Waals surface area contributed by atoms with E-state index in [0.29, 0.717) is 28.0 Å². The maximum Gasteiger partial charge on any atom is 0.234 e. The Labute approximate surface area is 152 Å². The summed E-state index contributed by atoms with van der Waals surface area (Å²) in [5.74, 6) is 0.725. The predicted octanol–water partition coefficient (Wildman–Crippen LogP) is 2.87. The van der Waals surface area contributed by atoms with Crippen LogP contribution in [0.15, 0.2) is 53.9 Å².